The molecule has 1 N–H and O–H groups in total. The molecule has 0 saturated carbocycles. The fourth-order valence-electron chi connectivity index (χ4n) is 2.70. The van der Waals surface area contributed by atoms with Gasteiger partial charge in [-0.25, -0.2) is 9.37 Å². The van der Waals surface area contributed by atoms with Crippen LogP contribution in [-0.2, 0) is 6.18 Å². The molecule has 0 radical (unpaired) electrons. The predicted molar refractivity (Wildman–Crippen MR) is 92.8 cm³/mol. The second kappa shape index (κ2) is 6.93. The van der Waals surface area contributed by atoms with Crippen molar-refractivity contribution in [2.75, 3.05) is 16.8 Å². The lowest BCUT2D eigenvalue weighted by atomic mass is 10.1. The summed E-state index contributed by atoms with van der Waals surface area (Å²) in [7, 11) is 0. The Kier molecular flexibility index (Phi) is 4.84. The highest BCUT2D eigenvalue weighted by Gasteiger charge is 2.31. The normalized spacial score (nSPS) is 14.9. The molecule has 1 aliphatic rings. The summed E-state index contributed by atoms with van der Waals surface area (Å²) in [6.45, 7) is 4.79. The van der Waals surface area contributed by atoms with Gasteiger partial charge in [0.05, 0.1) is 11.3 Å². The van der Waals surface area contributed by atoms with Crippen LogP contribution in [0.4, 0.5) is 35.0 Å². The first-order valence-corrected chi connectivity index (χ1v) is 8.23. The molecule has 0 saturated heterocycles. The number of alkyl halides is 3. The summed E-state index contributed by atoms with van der Waals surface area (Å²) >= 11 is 0. The largest absolute Gasteiger partial charge is 0.416 e. The van der Waals surface area contributed by atoms with E-state index in [0.29, 0.717) is 24.5 Å². The lowest BCUT2D eigenvalue weighted by Crippen LogP contribution is -2.35. The number of benzene rings is 1. The number of nitrogens with one attached hydrogen (secondary N) is 1. The van der Waals surface area contributed by atoms with Crippen molar-refractivity contribution >= 4 is 23.5 Å². The Morgan fingerprint density at radius 2 is 2.08 bits per heavy atom. The Balaban J connectivity index is 1.94. The van der Waals surface area contributed by atoms with Gasteiger partial charge in [0.2, 0.25) is 5.95 Å². The van der Waals surface area contributed by atoms with Crippen molar-refractivity contribution in [3.63, 3.8) is 0 Å². The molecule has 1 atom stereocenters. The third-order valence-electron chi connectivity index (χ3n) is 4.33. The van der Waals surface area contributed by atoms with Crippen molar-refractivity contribution in [2.24, 2.45) is 0 Å². The van der Waals surface area contributed by atoms with E-state index < -0.39 is 17.6 Å². The minimum absolute atomic E-state index is 0.0468. The van der Waals surface area contributed by atoms with Crippen molar-refractivity contribution in [2.45, 2.75) is 32.5 Å². The van der Waals surface area contributed by atoms with Gasteiger partial charge in [0.1, 0.15) is 11.6 Å². The average Bonchev–Trinajstić information content (AvgIpc) is 2.61. The van der Waals surface area contributed by atoms with Crippen molar-refractivity contribution < 1.29 is 17.6 Å². The van der Waals surface area contributed by atoms with Gasteiger partial charge in [-0.15, -0.1) is 0 Å². The summed E-state index contributed by atoms with van der Waals surface area (Å²) in [5.74, 6) is -0.0877. The average molecular weight is 366 g/mol. The summed E-state index contributed by atoms with van der Waals surface area (Å²) < 4.78 is 52.5. The van der Waals surface area contributed by atoms with E-state index in [0.717, 1.165) is 18.1 Å². The molecule has 0 fully saturated rings. The smallest absolute Gasteiger partial charge is 0.350 e. The molecule has 2 aromatic rings. The number of hydrogen-bond donors (Lipinski definition) is 1. The fourth-order valence-corrected chi connectivity index (χ4v) is 2.70. The molecular formula is C18H18F4N4. The monoisotopic (exact) mass is 366 g/mol. The highest BCUT2D eigenvalue weighted by atomic mass is 19.4. The van der Waals surface area contributed by atoms with Gasteiger partial charge < -0.3 is 10.2 Å². The van der Waals surface area contributed by atoms with Crippen LogP contribution in [0.2, 0.25) is 0 Å². The molecule has 26 heavy (non-hydrogen) atoms. The first kappa shape index (κ1) is 18.2. The lowest BCUT2D eigenvalue weighted by molar-refractivity contribution is -0.137. The number of anilines is 3. The van der Waals surface area contributed by atoms with Gasteiger partial charge in [0.15, 0.2) is 0 Å². The maximum absolute atomic E-state index is 13.9. The zero-order valence-corrected chi connectivity index (χ0v) is 14.3. The Hall–Kier alpha value is -2.64. The van der Waals surface area contributed by atoms with E-state index in [4.69, 9.17) is 0 Å². The van der Waals surface area contributed by atoms with E-state index >= 15 is 0 Å². The first-order valence-electron chi connectivity index (χ1n) is 8.23. The van der Waals surface area contributed by atoms with E-state index in [1.54, 1.807) is 6.20 Å². The van der Waals surface area contributed by atoms with Gasteiger partial charge in [-0.05, 0) is 31.5 Å². The van der Waals surface area contributed by atoms with Crippen LogP contribution < -0.4 is 10.2 Å². The molecule has 1 aliphatic heterocycles. The maximum Gasteiger partial charge on any atom is 0.416 e. The summed E-state index contributed by atoms with van der Waals surface area (Å²) in [6.07, 6.45) is 1.81. The molecule has 0 bridgehead atoms. The van der Waals surface area contributed by atoms with Crippen molar-refractivity contribution in [1.29, 1.82) is 0 Å². The third-order valence-corrected chi connectivity index (χ3v) is 4.33. The standard InChI is InChI=1S/C18H18F4N4/c1-3-11(2)26-8-4-5-12-10-23-17(25-16(12)26)24-15-9-13(18(20,21)22)6-7-14(15)19/h4-7,9-11H,3,8H2,1-2H3,(H,23,24,25). The van der Waals surface area contributed by atoms with E-state index in [1.807, 2.05) is 12.2 Å². The van der Waals surface area contributed by atoms with Crippen molar-refractivity contribution in [1.82, 2.24) is 9.97 Å². The van der Waals surface area contributed by atoms with Gasteiger partial charge in [0, 0.05) is 24.3 Å². The second-order valence-electron chi connectivity index (χ2n) is 6.10. The van der Waals surface area contributed by atoms with Crippen LogP contribution >= 0.6 is 0 Å². The molecule has 8 heteroatoms. The number of hydrogen-bond acceptors (Lipinski definition) is 4. The van der Waals surface area contributed by atoms with Gasteiger partial charge in [-0.3, -0.25) is 0 Å². The van der Waals surface area contributed by atoms with Gasteiger partial charge in [0.25, 0.3) is 0 Å². The molecule has 0 spiro atoms. The van der Waals surface area contributed by atoms with Crippen LogP contribution in [0, 0.1) is 5.82 Å². The Morgan fingerprint density at radius 3 is 2.77 bits per heavy atom. The number of fused-ring (bicyclic) bond motifs is 1. The maximum atomic E-state index is 13.9. The highest BCUT2D eigenvalue weighted by molar-refractivity contribution is 5.69. The summed E-state index contributed by atoms with van der Waals surface area (Å²) in [4.78, 5) is 10.6. The molecule has 0 amide bonds. The van der Waals surface area contributed by atoms with E-state index in [1.165, 1.54) is 0 Å². The molecule has 1 aromatic carbocycles. The van der Waals surface area contributed by atoms with Crippen LogP contribution in [0.25, 0.3) is 6.08 Å². The number of rotatable bonds is 4. The quantitative estimate of drug-likeness (QED) is 0.773. The number of halogens is 4. The molecule has 2 heterocycles. The molecule has 3 rings (SSSR count). The van der Waals surface area contributed by atoms with E-state index in [2.05, 4.69) is 34.0 Å². The number of nitrogens with zero attached hydrogens (tertiary/aromatic N) is 3. The van der Waals surface area contributed by atoms with Crippen LogP contribution in [-0.4, -0.2) is 22.6 Å². The minimum atomic E-state index is -4.56. The topological polar surface area (TPSA) is 41.1 Å². The molecular weight excluding hydrogens is 348 g/mol. The second-order valence-corrected chi connectivity index (χ2v) is 6.10. The van der Waals surface area contributed by atoms with E-state index in [9.17, 15) is 17.6 Å². The van der Waals surface area contributed by atoms with Gasteiger partial charge in [-0.1, -0.05) is 19.1 Å². The third kappa shape index (κ3) is 3.63. The van der Waals surface area contributed by atoms with Gasteiger partial charge >= 0.3 is 6.18 Å². The highest BCUT2D eigenvalue weighted by Crippen LogP contribution is 2.33. The summed E-state index contributed by atoms with van der Waals surface area (Å²) in [5, 5.41) is 2.56. The molecule has 1 unspecified atom stereocenters. The Morgan fingerprint density at radius 1 is 1.31 bits per heavy atom. The SMILES string of the molecule is CCC(C)N1CC=Cc2cnc(Nc3cc(C(F)(F)F)ccc3F)nc21. The summed E-state index contributed by atoms with van der Waals surface area (Å²) in [6, 6.07) is 2.41. The number of aromatic nitrogens is 2. The van der Waals surface area contributed by atoms with Crippen molar-refractivity contribution in [3.8, 4) is 0 Å². The fraction of sp³-hybridized carbons (Fsp3) is 0.333. The van der Waals surface area contributed by atoms with Crippen molar-refractivity contribution in [3.05, 3.63) is 47.4 Å². The zero-order valence-electron chi connectivity index (χ0n) is 14.3. The lowest BCUT2D eigenvalue weighted by Gasteiger charge is -2.32. The zero-order chi connectivity index (χ0) is 18.9. The predicted octanol–water partition coefficient (Wildman–Crippen LogP) is 5.01. The minimum Gasteiger partial charge on any atom is -0.350 e. The summed E-state index contributed by atoms with van der Waals surface area (Å²) in [5.41, 5.74) is -0.448. The van der Waals surface area contributed by atoms with Crippen LogP contribution in [0.3, 0.4) is 0 Å². The molecule has 4 nitrogen and oxygen atoms in total. The molecule has 138 valence electrons. The molecule has 1 aromatic heterocycles. The van der Waals surface area contributed by atoms with Crippen LogP contribution in [0.5, 0.6) is 0 Å². The van der Waals surface area contributed by atoms with Crippen LogP contribution in [0.1, 0.15) is 31.4 Å². The Labute approximate surface area is 148 Å². The Bertz CT molecular complexity index is 832. The van der Waals surface area contributed by atoms with Crippen LogP contribution in [0.15, 0.2) is 30.5 Å². The molecule has 0 aliphatic carbocycles. The van der Waals surface area contributed by atoms with E-state index in [-0.39, 0.29) is 17.7 Å². The first-order chi connectivity index (χ1) is 12.3. The van der Waals surface area contributed by atoms with Gasteiger partial charge in [-0.2, -0.15) is 18.2 Å².